The highest BCUT2D eigenvalue weighted by Gasteiger charge is 2.20. The third-order valence-electron chi connectivity index (χ3n) is 4.16. The Morgan fingerprint density at radius 3 is 2.47 bits per heavy atom. The van der Waals surface area contributed by atoms with E-state index in [0.29, 0.717) is 5.92 Å². The van der Waals surface area contributed by atoms with Crippen molar-refractivity contribution in [3.8, 4) is 0 Å². The molecule has 0 bridgehead atoms. The number of benzene rings is 1. The molecule has 1 saturated heterocycles. The van der Waals surface area contributed by atoms with Gasteiger partial charge in [0.05, 0.1) is 0 Å². The van der Waals surface area contributed by atoms with Crippen molar-refractivity contribution in [1.29, 1.82) is 0 Å². The number of nitrogens with zero attached hydrogens (tertiary/aromatic N) is 1. The van der Waals surface area contributed by atoms with E-state index < -0.39 is 0 Å². The third kappa shape index (κ3) is 4.79. The van der Waals surface area contributed by atoms with Crippen LogP contribution in [0.2, 0.25) is 5.02 Å². The summed E-state index contributed by atoms with van der Waals surface area (Å²) < 4.78 is 0. The van der Waals surface area contributed by atoms with Gasteiger partial charge in [0.2, 0.25) is 0 Å². The van der Waals surface area contributed by atoms with Crippen molar-refractivity contribution in [2.75, 3.05) is 19.6 Å². The van der Waals surface area contributed by atoms with Crippen molar-refractivity contribution in [1.82, 2.24) is 4.90 Å². The molecule has 1 aliphatic heterocycles. The second-order valence-electron chi connectivity index (χ2n) is 5.92. The van der Waals surface area contributed by atoms with Crippen molar-refractivity contribution < 1.29 is 0 Å². The number of rotatable bonds is 5. The standard InChI is InChI=1S/C16H25ClN2/c1-13(11-18)10-14-6-8-19(9-7-14)12-15-2-4-16(17)5-3-15/h2-5,13-14H,6-12,18H2,1H3. The van der Waals surface area contributed by atoms with Crippen LogP contribution in [-0.2, 0) is 6.54 Å². The lowest BCUT2D eigenvalue weighted by molar-refractivity contribution is 0.163. The molecule has 1 fully saturated rings. The summed E-state index contributed by atoms with van der Waals surface area (Å²) >= 11 is 5.91. The van der Waals surface area contributed by atoms with Crippen molar-refractivity contribution in [3.05, 3.63) is 34.9 Å². The largest absolute Gasteiger partial charge is 0.330 e. The van der Waals surface area contributed by atoms with Crippen molar-refractivity contribution in [3.63, 3.8) is 0 Å². The maximum atomic E-state index is 5.91. The zero-order chi connectivity index (χ0) is 13.7. The molecule has 0 aromatic heterocycles. The van der Waals surface area contributed by atoms with E-state index in [1.807, 2.05) is 12.1 Å². The molecule has 2 N–H and O–H groups in total. The lowest BCUT2D eigenvalue weighted by Gasteiger charge is -2.33. The van der Waals surface area contributed by atoms with Gasteiger partial charge < -0.3 is 5.73 Å². The molecule has 106 valence electrons. The molecule has 1 aromatic carbocycles. The highest BCUT2D eigenvalue weighted by atomic mass is 35.5. The van der Waals surface area contributed by atoms with Crippen molar-refractivity contribution >= 4 is 11.6 Å². The summed E-state index contributed by atoms with van der Waals surface area (Å²) in [5.74, 6) is 1.55. The van der Waals surface area contributed by atoms with E-state index in [1.165, 1.54) is 37.9 Å². The van der Waals surface area contributed by atoms with E-state index in [2.05, 4.69) is 24.0 Å². The lowest BCUT2D eigenvalue weighted by atomic mass is 9.88. The molecule has 1 unspecified atom stereocenters. The first-order chi connectivity index (χ1) is 9.17. The Labute approximate surface area is 121 Å². The Kier molecular flexibility index (Phi) is 5.68. The monoisotopic (exact) mass is 280 g/mol. The summed E-state index contributed by atoms with van der Waals surface area (Å²) in [5.41, 5.74) is 7.07. The molecule has 19 heavy (non-hydrogen) atoms. The van der Waals surface area contributed by atoms with Crippen LogP contribution in [0.15, 0.2) is 24.3 Å². The van der Waals surface area contributed by atoms with Gasteiger partial charge in [-0.3, -0.25) is 4.90 Å². The first kappa shape index (κ1) is 14.8. The first-order valence-electron chi connectivity index (χ1n) is 7.34. The summed E-state index contributed by atoms with van der Waals surface area (Å²) in [4.78, 5) is 2.55. The van der Waals surface area contributed by atoms with E-state index in [-0.39, 0.29) is 0 Å². The number of likely N-dealkylation sites (tertiary alicyclic amines) is 1. The molecule has 0 spiro atoms. The first-order valence-corrected chi connectivity index (χ1v) is 7.72. The molecule has 1 heterocycles. The smallest absolute Gasteiger partial charge is 0.0406 e. The van der Waals surface area contributed by atoms with Gasteiger partial charge in [-0.2, -0.15) is 0 Å². The molecular weight excluding hydrogens is 256 g/mol. The van der Waals surface area contributed by atoms with Gasteiger partial charge in [-0.25, -0.2) is 0 Å². The fourth-order valence-electron chi connectivity index (χ4n) is 2.89. The summed E-state index contributed by atoms with van der Waals surface area (Å²) in [6, 6.07) is 8.22. The third-order valence-corrected chi connectivity index (χ3v) is 4.42. The number of hydrogen-bond donors (Lipinski definition) is 1. The highest BCUT2D eigenvalue weighted by Crippen LogP contribution is 2.25. The fourth-order valence-corrected chi connectivity index (χ4v) is 3.02. The van der Waals surface area contributed by atoms with E-state index in [9.17, 15) is 0 Å². The Morgan fingerprint density at radius 1 is 1.26 bits per heavy atom. The minimum atomic E-state index is 0.674. The maximum Gasteiger partial charge on any atom is 0.0406 e. The summed E-state index contributed by atoms with van der Waals surface area (Å²) in [6.45, 7) is 6.57. The molecule has 1 aliphatic rings. The van der Waals surface area contributed by atoms with Gasteiger partial charge in [-0.15, -0.1) is 0 Å². The molecule has 1 atom stereocenters. The Morgan fingerprint density at radius 2 is 1.89 bits per heavy atom. The average molecular weight is 281 g/mol. The number of hydrogen-bond acceptors (Lipinski definition) is 2. The second-order valence-corrected chi connectivity index (χ2v) is 6.36. The summed E-state index contributed by atoms with van der Waals surface area (Å²) in [6.07, 6.45) is 3.93. The zero-order valence-electron chi connectivity index (χ0n) is 11.8. The molecule has 2 rings (SSSR count). The SMILES string of the molecule is CC(CN)CC1CCN(Cc2ccc(Cl)cc2)CC1. The van der Waals surface area contributed by atoms with Gasteiger partial charge >= 0.3 is 0 Å². The Bertz CT molecular complexity index is 369. The van der Waals surface area contributed by atoms with Crippen LogP contribution in [0.4, 0.5) is 0 Å². The van der Waals surface area contributed by atoms with Crippen LogP contribution >= 0.6 is 11.6 Å². The van der Waals surface area contributed by atoms with Crippen LogP contribution < -0.4 is 5.73 Å². The van der Waals surface area contributed by atoms with Gasteiger partial charge in [-0.05, 0) is 68.4 Å². The second kappa shape index (κ2) is 7.28. The van der Waals surface area contributed by atoms with Gasteiger partial charge in [0, 0.05) is 11.6 Å². The van der Waals surface area contributed by atoms with Crippen LogP contribution in [0.1, 0.15) is 31.7 Å². The van der Waals surface area contributed by atoms with Gasteiger partial charge in [0.15, 0.2) is 0 Å². The predicted octanol–water partition coefficient (Wildman–Crippen LogP) is 3.54. The molecule has 1 aromatic rings. The van der Waals surface area contributed by atoms with Gasteiger partial charge in [0.1, 0.15) is 0 Å². The molecule has 2 nitrogen and oxygen atoms in total. The summed E-state index contributed by atoms with van der Waals surface area (Å²) in [7, 11) is 0. The quantitative estimate of drug-likeness (QED) is 0.894. The summed E-state index contributed by atoms with van der Waals surface area (Å²) in [5, 5.41) is 0.818. The number of halogens is 1. The minimum absolute atomic E-state index is 0.674. The Hall–Kier alpha value is -0.570. The topological polar surface area (TPSA) is 29.3 Å². The van der Waals surface area contributed by atoms with E-state index >= 15 is 0 Å². The van der Waals surface area contributed by atoms with Crippen LogP contribution in [0.5, 0.6) is 0 Å². The molecule has 0 aliphatic carbocycles. The Balaban J connectivity index is 1.75. The van der Waals surface area contributed by atoms with Crippen molar-refractivity contribution in [2.45, 2.75) is 32.7 Å². The normalized spacial score (nSPS) is 19.5. The molecule has 0 radical (unpaired) electrons. The molecule has 0 saturated carbocycles. The number of piperidine rings is 1. The maximum absolute atomic E-state index is 5.91. The zero-order valence-corrected chi connectivity index (χ0v) is 12.6. The van der Waals surface area contributed by atoms with E-state index in [4.69, 9.17) is 17.3 Å². The van der Waals surface area contributed by atoms with Gasteiger partial charge in [0.25, 0.3) is 0 Å². The van der Waals surface area contributed by atoms with Crippen LogP contribution in [0.3, 0.4) is 0 Å². The highest BCUT2D eigenvalue weighted by molar-refractivity contribution is 6.30. The van der Waals surface area contributed by atoms with E-state index in [1.54, 1.807) is 0 Å². The van der Waals surface area contributed by atoms with Gasteiger partial charge in [-0.1, -0.05) is 30.7 Å². The lowest BCUT2D eigenvalue weighted by Crippen LogP contribution is -2.34. The molecule has 3 heteroatoms. The minimum Gasteiger partial charge on any atom is -0.330 e. The number of nitrogens with two attached hydrogens (primary N) is 1. The molecule has 0 amide bonds. The average Bonchev–Trinajstić information content (AvgIpc) is 2.43. The van der Waals surface area contributed by atoms with Crippen molar-refractivity contribution in [2.24, 2.45) is 17.6 Å². The van der Waals surface area contributed by atoms with E-state index in [0.717, 1.165) is 24.0 Å². The van der Waals surface area contributed by atoms with Crippen LogP contribution in [-0.4, -0.2) is 24.5 Å². The predicted molar refractivity (Wildman–Crippen MR) is 82.3 cm³/mol. The van der Waals surface area contributed by atoms with Crippen LogP contribution in [0.25, 0.3) is 0 Å². The van der Waals surface area contributed by atoms with Crippen LogP contribution in [0, 0.1) is 11.8 Å². The molecular formula is C16H25ClN2. The fraction of sp³-hybridized carbons (Fsp3) is 0.625.